The van der Waals surface area contributed by atoms with Crippen molar-refractivity contribution in [2.45, 2.75) is 19.5 Å². The molecule has 1 aliphatic rings. The molecular weight excluding hydrogens is 366 g/mol. The van der Waals surface area contributed by atoms with E-state index in [2.05, 4.69) is 15.6 Å². The van der Waals surface area contributed by atoms with Crippen LogP contribution in [0.2, 0.25) is 0 Å². The van der Waals surface area contributed by atoms with Crippen molar-refractivity contribution < 1.29 is 4.79 Å². The highest BCUT2D eigenvalue weighted by atomic mass is 16.2. The number of amides is 2. The van der Waals surface area contributed by atoms with Crippen LogP contribution in [0, 0.1) is 0 Å². The summed E-state index contributed by atoms with van der Waals surface area (Å²) in [6, 6.07) is 19.0. The van der Waals surface area contributed by atoms with Gasteiger partial charge >= 0.3 is 6.03 Å². The van der Waals surface area contributed by atoms with Crippen LogP contribution in [0.1, 0.15) is 16.8 Å². The first-order valence-electron chi connectivity index (χ1n) is 9.61. The molecule has 0 radical (unpaired) electrons. The maximum absolute atomic E-state index is 13.1. The van der Waals surface area contributed by atoms with Crippen molar-refractivity contribution in [3.05, 3.63) is 87.8 Å². The van der Waals surface area contributed by atoms with Gasteiger partial charge in [0.25, 0.3) is 5.56 Å². The number of para-hydroxylation sites is 1. The fourth-order valence-corrected chi connectivity index (χ4v) is 3.53. The number of nitrogens with zero attached hydrogens (tertiary/aromatic N) is 3. The Bertz CT molecular complexity index is 1060. The first-order chi connectivity index (χ1) is 14.2. The molecule has 1 aliphatic heterocycles. The van der Waals surface area contributed by atoms with Crippen molar-refractivity contribution in [3.63, 3.8) is 0 Å². The number of hydrogen-bond donors (Lipinski definition) is 2. The minimum atomic E-state index is -0.192. The maximum atomic E-state index is 13.1. The molecule has 0 unspecified atom stereocenters. The topological polar surface area (TPSA) is 79.3 Å². The van der Waals surface area contributed by atoms with E-state index in [9.17, 15) is 9.59 Å². The largest absolute Gasteiger partial charge is 0.359 e. The van der Waals surface area contributed by atoms with E-state index in [1.54, 1.807) is 16.5 Å². The van der Waals surface area contributed by atoms with Crippen LogP contribution in [0.3, 0.4) is 0 Å². The number of carbonyl (C=O) groups is 1. The first-order valence-corrected chi connectivity index (χ1v) is 9.61. The fraction of sp³-hybridized carbons (Fsp3) is 0.227. The second kappa shape index (κ2) is 8.18. The summed E-state index contributed by atoms with van der Waals surface area (Å²) < 4.78 is 1.66. The van der Waals surface area contributed by atoms with Crippen molar-refractivity contribution in [2.24, 2.45) is 0 Å². The van der Waals surface area contributed by atoms with Gasteiger partial charge in [0.15, 0.2) is 0 Å². The van der Waals surface area contributed by atoms with Gasteiger partial charge in [-0.25, -0.2) is 9.78 Å². The third-order valence-electron chi connectivity index (χ3n) is 5.04. The van der Waals surface area contributed by atoms with Crippen LogP contribution < -0.4 is 16.2 Å². The van der Waals surface area contributed by atoms with Gasteiger partial charge in [-0.1, -0.05) is 48.5 Å². The molecule has 29 heavy (non-hydrogen) atoms. The Morgan fingerprint density at radius 2 is 1.76 bits per heavy atom. The molecule has 2 N–H and O–H groups in total. The molecule has 4 rings (SSSR count). The monoisotopic (exact) mass is 389 g/mol. The number of nitrogens with one attached hydrogen (secondary N) is 2. The molecular formula is C22H23N5O2. The zero-order chi connectivity index (χ0) is 20.2. The number of anilines is 2. The van der Waals surface area contributed by atoms with Gasteiger partial charge in [-0.05, 0) is 24.1 Å². The minimum absolute atomic E-state index is 0.0497. The molecule has 0 saturated heterocycles. The number of carbonyl (C=O) groups excluding carboxylic acids is 1. The number of rotatable bonds is 4. The Labute approximate surface area is 169 Å². The maximum Gasteiger partial charge on any atom is 0.322 e. The Kier molecular flexibility index (Phi) is 5.29. The molecule has 7 heteroatoms. The van der Waals surface area contributed by atoms with Crippen LogP contribution in [0.5, 0.6) is 0 Å². The number of fused-ring (bicyclic) bond motifs is 1. The lowest BCUT2D eigenvalue weighted by molar-refractivity contribution is 0.205. The normalized spacial score (nSPS) is 12.9. The standard InChI is InChI=1S/C22H23N5O2/c1-23-21-25-19-15-26(22(29)24-17-10-6-3-7-11-17)13-12-18(19)20(28)27(21)14-16-8-4-2-5-9-16/h2-11H,12-15H2,1H3,(H,23,25)(H,24,29). The molecule has 2 aromatic carbocycles. The number of aromatic nitrogens is 2. The molecule has 7 nitrogen and oxygen atoms in total. The SMILES string of the molecule is CNc1nc2c(c(=O)n1Cc1ccccc1)CCN(C(=O)Nc1ccccc1)C2. The zero-order valence-corrected chi connectivity index (χ0v) is 16.3. The molecule has 2 heterocycles. The molecule has 3 aromatic rings. The molecule has 0 spiro atoms. The molecule has 1 aromatic heterocycles. The van der Waals surface area contributed by atoms with E-state index in [-0.39, 0.29) is 11.6 Å². The quantitative estimate of drug-likeness (QED) is 0.719. The lowest BCUT2D eigenvalue weighted by Gasteiger charge is -2.29. The van der Waals surface area contributed by atoms with Crippen molar-refractivity contribution in [1.29, 1.82) is 0 Å². The lowest BCUT2D eigenvalue weighted by Crippen LogP contribution is -2.42. The predicted molar refractivity (Wildman–Crippen MR) is 113 cm³/mol. The molecule has 0 bridgehead atoms. The molecule has 0 fully saturated rings. The summed E-state index contributed by atoms with van der Waals surface area (Å²) in [5.74, 6) is 0.503. The van der Waals surface area contributed by atoms with E-state index < -0.39 is 0 Å². The summed E-state index contributed by atoms with van der Waals surface area (Å²) in [4.78, 5) is 32.1. The molecule has 0 atom stereocenters. The van der Waals surface area contributed by atoms with Gasteiger partial charge in [0.05, 0.1) is 18.8 Å². The molecule has 0 aliphatic carbocycles. The first kappa shape index (κ1) is 18.7. The van der Waals surface area contributed by atoms with Gasteiger partial charge in [0.1, 0.15) is 0 Å². The van der Waals surface area contributed by atoms with Crippen LogP contribution in [-0.4, -0.2) is 34.1 Å². The highest BCUT2D eigenvalue weighted by molar-refractivity contribution is 5.89. The Balaban J connectivity index is 1.58. The van der Waals surface area contributed by atoms with E-state index in [1.165, 1.54) is 0 Å². The number of benzene rings is 2. The fourth-order valence-electron chi connectivity index (χ4n) is 3.53. The van der Waals surface area contributed by atoms with E-state index in [1.807, 2.05) is 60.7 Å². The van der Waals surface area contributed by atoms with E-state index in [0.717, 1.165) is 11.3 Å². The molecule has 148 valence electrons. The molecule has 0 saturated carbocycles. The van der Waals surface area contributed by atoms with Crippen LogP contribution in [0.15, 0.2) is 65.5 Å². The second-order valence-electron chi connectivity index (χ2n) is 6.96. The Morgan fingerprint density at radius 1 is 1.07 bits per heavy atom. The third-order valence-corrected chi connectivity index (χ3v) is 5.04. The van der Waals surface area contributed by atoms with Crippen molar-refractivity contribution in [1.82, 2.24) is 14.5 Å². The summed E-state index contributed by atoms with van der Waals surface area (Å²) in [5.41, 5.74) is 3.06. The van der Waals surface area contributed by atoms with E-state index in [0.29, 0.717) is 43.3 Å². The highest BCUT2D eigenvalue weighted by Gasteiger charge is 2.26. The van der Waals surface area contributed by atoms with Gasteiger partial charge < -0.3 is 15.5 Å². The minimum Gasteiger partial charge on any atom is -0.359 e. The average molecular weight is 389 g/mol. The van der Waals surface area contributed by atoms with Gasteiger partial charge in [-0.2, -0.15) is 0 Å². The van der Waals surface area contributed by atoms with Crippen LogP contribution >= 0.6 is 0 Å². The van der Waals surface area contributed by atoms with Crippen LogP contribution in [0.4, 0.5) is 16.4 Å². The van der Waals surface area contributed by atoms with Crippen molar-refractivity contribution >= 4 is 17.7 Å². The van der Waals surface area contributed by atoms with E-state index in [4.69, 9.17) is 0 Å². The Morgan fingerprint density at radius 3 is 2.45 bits per heavy atom. The number of hydrogen-bond acceptors (Lipinski definition) is 4. The van der Waals surface area contributed by atoms with Gasteiger partial charge in [-0.15, -0.1) is 0 Å². The third kappa shape index (κ3) is 3.99. The van der Waals surface area contributed by atoms with Gasteiger partial charge in [0.2, 0.25) is 5.95 Å². The smallest absolute Gasteiger partial charge is 0.322 e. The average Bonchev–Trinajstić information content (AvgIpc) is 2.76. The van der Waals surface area contributed by atoms with Gasteiger partial charge in [-0.3, -0.25) is 9.36 Å². The summed E-state index contributed by atoms with van der Waals surface area (Å²) in [5, 5.41) is 5.91. The summed E-state index contributed by atoms with van der Waals surface area (Å²) >= 11 is 0. The van der Waals surface area contributed by atoms with Crippen molar-refractivity contribution in [3.8, 4) is 0 Å². The predicted octanol–water partition coefficient (Wildman–Crippen LogP) is 2.92. The highest BCUT2D eigenvalue weighted by Crippen LogP contribution is 2.18. The van der Waals surface area contributed by atoms with Gasteiger partial charge in [0, 0.05) is 24.8 Å². The van der Waals surface area contributed by atoms with Crippen molar-refractivity contribution in [2.75, 3.05) is 24.2 Å². The molecule has 2 amide bonds. The van der Waals surface area contributed by atoms with Crippen LogP contribution in [0.25, 0.3) is 0 Å². The number of urea groups is 1. The van der Waals surface area contributed by atoms with Crippen LogP contribution in [-0.2, 0) is 19.5 Å². The lowest BCUT2D eigenvalue weighted by atomic mass is 10.1. The second-order valence-corrected chi connectivity index (χ2v) is 6.96. The van der Waals surface area contributed by atoms with E-state index >= 15 is 0 Å². The summed E-state index contributed by atoms with van der Waals surface area (Å²) in [7, 11) is 1.75. The zero-order valence-electron chi connectivity index (χ0n) is 16.3. The summed E-state index contributed by atoms with van der Waals surface area (Å²) in [6.45, 7) is 1.24. The summed E-state index contributed by atoms with van der Waals surface area (Å²) in [6.07, 6.45) is 0.488. The Hall–Kier alpha value is -3.61.